The first-order valence-electron chi connectivity index (χ1n) is 6.34. The fourth-order valence-electron chi connectivity index (χ4n) is 1.71. The quantitative estimate of drug-likeness (QED) is 0.861. The Labute approximate surface area is 117 Å². The zero-order valence-electron chi connectivity index (χ0n) is 11.7. The standard InChI is InChI=1S/C14H19FN2O3/c1-11(18)17(10-8-16-14(19)20-2)9-7-12-3-5-13(15)6-4-12/h3-6H,7-10H2,1-2H3,(H,16,19). The van der Waals surface area contributed by atoms with Crippen LogP contribution in [0.5, 0.6) is 0 Å². The van der Waals surface area contributed by atoms with E-state index in [4.69, 9.17) is 0 Å². The molecule has 0 aliphatic heterocycles. The van der Waals surface area contributed by atoms with Gasteiger partial charge in [-0.3, -0.25) is 4.79 Å². The summed E-state index contributed by atoms with van der Waals surface area (Å²) in [7, 11) is 1.28. The van der Waals surface area contributed by atoms with Crippen LogP contribution in [0.2, 0.25) is 0 Å². The largest absolute Gasteiger partial charge is 0.453 e. The Kier molecular flexibility index (Phi) is 6.49. The number of alkyl carbamates (subject to hydrolysis) is 1. The van der Waals surface area contributed by atoms with Crippen LogP contribution >= 0.6 is 0 Å². The number of nitrogens with one attached hydrogen (secondary N) is 1. The van der Waals surface area contributed by atoms with Gasteiger partial charge in [0, 0.05) is 26.6 Å². The smallest absolute Gasteiger partial charge is 0.406 e. The van der Waals surface area contributed by atoms with Crippen molar-refractivity contribution in [3.8, 4) is 0 Å². The van der Waals surface area contributed by atoms with Gasteiger partial charge in [0.15, 0.2) is 0 Å². The highest BCUT2D eigenvalue weighted by molar-refractivity contribution is 5.73. The van der Waals surface area contributed by atoms with Crippen molar-refractivity contribution in [1.29, 1.82) is 0 Å². The first-order valence-corrected chi connectivity index (χ1v) is 6.34. The van der Waals surface area contributed by atoms with Gasteiger partial charge in [-0.2, -0.15) is 0 Å². The van der Waals surface area contributed by atoms with Crippen LogP contribution in [-0.4, -0.2) is 43.6 Å². The Hall–Kier alpha value is -2.11. The summed E-state index contributed by atoms with van der Waals surface area (Å²) in [5.74, 6) is -0.349. The summed E-state index contributed by atoms with van der Waals surface area (Å²) < 4.78 is 17.2. The lowest BCUT2D eigenvalue weighted by atomic mass is 10.1. The summed E-state index contributed by atoms with van der Waals surface area (Å²) in [6.07, 6.45) is 0.116. The summed E-state index contributed by atoms with van der Waals surface area (Å²) in [6.45, 7) is 2.73. The molecule has 1 N–H and O–H groups in total. The summed E-state index contributed by atoms with van der Waals surface area (Å²) in [5, 5.41) is 2.52. The summed E-state index contributed by atoms with van der Waals surface area (Å²) in [5.41, 5.74) is 0.957. The topological polar surface area (TPSA) is 58.6 Å². The van der Waals surface area contributed by atoms with Crippen LogP contribution in [0.4, 0.5) is 9.18 Å². The highest BCUT2D eigenvalue weighted by Crippen LogP contribution is 2.04. The molecule has 2 amide bonds. The van der Waals surface area contributed by atoms with Gasteiger partial charge in [0.2, 0.25) is 5.91 Å². The predicted octanol–water partition coefficient (Wildman–Crippen LogP) is 1.57. The van der Waals surface area contributed by atoms with Gasteiger partial charge in [-0.1, -0.05) is 12.1 Å². The van der Waals surface area contributed by atoms with Crippen LogP contribution < -0.4 is 5.32 Å². The number of ether oxygens (including phenoxy) is 1. The molecule has 0 heterocycles. The van der Waals surface area contributed by atoms with Crippen molar-refractivity contribution in [2.45, 2.75) is 13.3 Å². The third-order valence-electron chi connectivity index (χ3n) is 2.87. The van der Waals surface area contributed by atoms with Crippen molar-refractivity contribution in [2.24, 2.45) is 0 Å². The summed E-state index contributed by atoms with van der Waals surface area (Å²) >= 11 is 0. The molecule has 6 heteroatoms. The predicted molar refractivity (Wildman–Crippen MR) is 72.8 cm³/mol. The second-order valence-electron chi connectivity index (χ2n) is 4.30. The van der Waals surface area contributed by atoms with Gasteiger partial charge in [-0.15, -0.1) is 0 Å². The molecule has 0 spiro atoms. The van der Waals surface area contributed by atoms with Crippen LogP contribution in [0.3, 0.4) is 0 Å². The molecule has 0 saturated carbocycles. The number of rotatable bonds is 6. The normalized spacial score (nSPS) is 9.95. The van der Waals surface area contributed by atoms with Crippen molar-refractivity contribution in [3.05, 3.63) is 35.6 Å². The van der Waals surface area contributed by atoms with Gasteiger partial charge in [-0.05, 0) is 24.1 Å². The van der Waals surface area contributed by atoms with E-state index in [1.54, 1.807) is 17.0 Å². The minimum atomic E-state index is -0.521. The minimum absolute atomic E-state index is 0.0706. The van der Waals surface area contributed by atoms with E-state index < -0.39 is 6.09 Å². The van der Waals surface area contributed by atoms with Gasteiger partial charge in [0.05, 0.1) is 7.11 Å². The number of carbonyl (C=O) groups is 2. The lowest BCUT2D eigenvalue weighted by molar-refractivity contribution is -0.128. The van der Waals surface area contributed by atoms with E-state index in [9.17, 15) is 14.0 Å². The molecule has 0 radical (unpaired) electrons. The van der Waals surface area contributed by atoms with Gasteiger partial charge in [-0.25, -0.2) is 9.18 Å². The minimum Gasteiger partial charge on any atom is -0.453 e. The number of halogens is 1. The van der Waals surface area contributed by atoms with Crippen molar-refractivity contribution in [3.63, 3.8) is 0 Å². The number of hydrogen-bond donors (Lipinski definition) is 1. The average molecular weight is 282 g/mol. The van der Waals surface area contributed by atoms with Crippen LogP contribution in [-0.2, 0) is 16.0 Å². The molecule has 0 atom stereocenters. The van der Waals surface area contributed by atoms with E-state index in [0.717, 1.165) is 5.56 Å². The lowest BCUT2D eigenvalue weighted by Crippen LogP contribution is -2.38. The van der Waals surface area contributed by atoms with E-state index in [0.29, 0.717) is 26.1 Å². The summed E-state index contributed by atoms with van der Waals surface area (Å²) in [6, 6.07) is 6.18. The second-order valence-corrected chi connectivity index (χ2v) is 4.30. The van der Waals surface area contributed by atoms with Crippen molar-refractivity contribution >= 4 is 12.0 Å². The van der Waals surface area contributed by atoms with Gasteiger partial charge in [0.25, 0.3) is 0 Å². The number of nitrogens with zero attached hydrogens (tertiary/aromatic N) is 1. The maximum atomic E-state index is 12.8. The highest BCUT2D eigenvalue weighted by atomic mass is 19.1. The molecule has 5 nitrogen and oxygen atoms in total. The van der Waals surface area contributed by atoms with Crippen LogP contribution in [0, 0.1) is 5.82 Å². The maximum absolute atomic E-state index is 12.8. The molecule has 1 aromatic rings. The van der Waals surface area contributed by atoms with Crippen molar-refractivity contribution in [2.75, 3.05) is 26.7 Å². The van der Waals surface area contributed by atoms with E-state index >= 15 is 0 Å². The molecule has 0 aliphatic carbocycles. The van der Waals surface area contributed by atoms with Crippen molar-refractivity contribution < 1.29 is 18.7 Å². The Balaban J connectivity index is 2.41. The zero-order valence-corrected chi connectivity index (χ0v) is 11.7. The van der Waals surface area contributed by atoms with Crippen LogP contribution in [0.25, 0.3) is 0 Å². The molecular formula is C14H19FN2O3. The van der Waals surface area contributed by atoms with Crippen molar-refractivity contribution in [1.82, 2.24) is 10.2 Å². The molecule has 0 aliphatic rings. The SMILES string of the molecule is COC(=O)NCCN(CCc1ccc(F)cc1)C(C)=O. The summed E-state index contributed by atoms with van der Waals surface area (Å²) in [4.78, 5) is 24.0. The Morgan fingerprint density at radius 2 is 1.90 bits per heavy atom. The molecule has 0 saturated heterocycles. The van der Waals surface area contributed by atoms with Crippen LogP contribution in [0.15, 0.2) is 24.3 Å². The zero-order chi connectivity index (χ0) is 15.0. The Morgan fingerprint density at radius 1 is 1.25 bits per heavy atom. The van der Waals surface area contributed by atoms with Gasteiger partial charge < -0.3 is 15.0 Å². The van der Waals surface area contributed by atoms with Gasteiger partial charge >= 0.3 is 6.09 Å². The second kappa shape index (κ2) is 8.14. The number of carbonyl (C=O) groups excluding carboxylic acids is 2. The monoisotopic (exact) mass is 282 g/mol. The molecule has 0 aromatic heterocycles. The highest BCUT2D eigenvalue weighted by Gasteiger charge is 2.09. The fraction of sp³-hybridized carbons (Fsp3) is 0.429. The molecule has 110 valence electrons. The van der Waals surface area contributed by atoms with E-state index in [-0.39, 0.29) is 11.7 Å². The van der Waals surface area contributed by atoms with E-state index in [1.165, 1.54) is 26.2 Å². The van der Waals surface area contributed by atoms with E-state index in [2.05, 4.69) is 10.1 Å². The molecule has 20 heavy (non-hydrogen) atoms. The Morgan fingerprint density at radius 3 is 2.45 bits per heavy atom. The molecular weight excluding hydrogens is 263 g/mol. The first kappa shape index (κ1) is 15.9. The maximum Gasteiger partial charge on any atom is 0.406 e. The van der Waals surface area contributed by atoms with E-state index in [1.807, 2.05) is 0 Å². The first-order chi connectivity index (χ1) is 9.52. The Bertz CT molecular complexity index is 448. The molecule has 1 rings (SSSR count). The molecule has 0 fully saturated rings. The number of benzene rings is 1. The molecule has 1 aromatic carbocycles. The number of amides is 2. The number of methoxy groups -OCH3 is 1. The molecule has 0 bridgehead atoms. The fourth-order valence-corrected chi connectivity index (χ4v) is 1.71. The van der Waals surface area contributed by atoms with Crippen LogP contribution in [0.1, 0.15) is 12.5 Å². The molecule has 0 unspecified atom stereocenters. The van der Waals surface area contributed by atoms with Gasteiger partial charge in [0.1, 0.15) is 5.82 Å². The average Bonchev–Trinajstić information content (AvgIpc) is 2.43. The number of hydrogen-bond acceptors (Lipinski definition) is 3. The third-order valence-corrected chi connectivity index (χ3v) is 2.87. The lowest BCUT2D eigenvalue weighted by Gasteiger charge is -2.21. The third kappa shape index (κ3) is 5.69.